The van der Waals surface area contributed by atoms with Crippen LogP contribution < -0.4 is 5.32 Å². The Morgan fingerprint density at radius 2 is 1.79 bits per heavy atom. The first-order chi connectivity index (χ1) is 18.3. The van der Waals surface area contributed by atoms with E-state index in [0.29, 0.717) is 37.6 Å². The van der Waals surface area contributed by atoms with Crippen molar-refractivity contribution in [1.29, 1.82) is 0 Å². The van der Waals surface area contributed by atoms with E-state index < -0.39 is 10.0 Å². The van der Waals surface area contributed by atoms with Crippen LogP contribution in [0.2, 0.25) is 0 Å². The molecule has 2 aromatic carbocycles. The van der Waals surface area contributed by atoms with E-state index in [4.69, 9.17) is 9.97 Å². The second-order valence-electron chi connectivity index (χ2n) is 9.96. The standard InChI is InChI=1S/C29H36N6O2S/c1-4-8-23-20-25-12-11-24(23)19-22(2)33(3)14-7-13-30-29-26-9-5-6-10-27(26)31-28(32-29)21-34-15-17-35(18-16-34)38(25,36)37/h4-6,8-12,19-20H,7,13-18,21H2,1-3H3,(H,30,31,32)/b8-4-,22-19-. The zero-order valence-electron chi connectivity index (χ0n) is 22.4. The number of fused-ring (bicyclic) bond motifs is 3. The van der Waals surface area contributed by atoms with Crippen LogP contribution in [0.5, 0.6) is 0 Å². The summed E-state index contributed by atoms with van der Waals surface area (Å²) in [6.07, 6.45) is 6.99. The van der Waals surface area contributed by atoms with E-state index in [0.717, 1.165) is 58.9 Å². The van der Waals surface area contributed by atoms with E-state index in [9.17, 15) is 8.42 Å². The van der Waals surface area contributed by atoms with Crippen LogP contribution in [0.1, 0.15) is 37.2 Å². The van der Waals surface area contributed by atoms with Crippen LogP contribution >= 0.6 is 0 Å². The second-order valence-corrected chi connectivity index (χ2v) is 11.9. The van der Waals surface area contributed by atoms with Gasteiger partial charge in [0.1, 0.15) is 11.6 Å². The van der Waals surface area contributed by atoms with Crippen LogP contribution in [0.3, 0.4) is 0 Å². The lowest BCUT2D eigenvalue weighted by Gasteiger charge is -2.33. The number of piperazine rings is 1. The third-order valence-electron chi connectivity index (χ3n) is 7.32. The van der Waals surface area contributed by atoms with Crippen LogP contribution in [0, 0.1) is 0 Å². The lowest BCUT2D eigenvalue weighted by molar-refractivity contribution is 0.178. The van der Waals surface area contributed by atoms with Gasteiger partial charge >= 0.3 is 0 Å². The summed E-state index contributed by atoms with van der Waals surface area (Å²) in [5, 5.41) is 4.56. The summed E-state index contributed by atoms with van der Waals surface area (Å²) in [6.45, 7) is 8.43. The van der Waals surface area contributed by atoms with Gasteiger partial charge in [0.05, 0.1) is 17.0 Å². The Bertz CT molecular complexity index is 1480. The molecule has 4 aliphatic heterocycles. The van der Waals surface area contributed by atoms with Gasteiger partial charge in [-0.15, -0.1) is 0 Å². The Kier molecular flexibility index (Phi) is 7.78. The maximum atomic E-state index is 13.6. The van der Waals surface area contributed by atoms with E-state index in [2.05, 4.69) is 41.2 Å². The van der Waals surface area contributed by atoms with Gasteiger partial charge in [-0.2, -0.15) is 4.31 Å². The fraction of sp³-hybridized carbons (Fsp3) is 0.379. The SMILES string of the molecule is C/C=C\c1cc2ccc1/C=C(/C)N(C)CCCNc1nc(nc3ccccc13)CN1CCN(CC1)S2(=O)=O. The van der Waals surface area contributed by atoms with Gasteiger partial charge in [0, 0.05) is 57.4 Å². The first-order valence-corrected chi connectivity index (χ1v) is 14.7. The van der Waals surface area contributed by atoms with E-state index in [1.54, 1.807) is 16.4 Å². The first-order valence-electron chi connectivity index (χ1n) is 13.2. The molecule has 0 saturated carbocycles. The van der Waals surface area contributed by atoms with Gasteiger partial charge in [0.2, 0.25) is 10.0 Å². The topological polar surface area (TPSA) is 81.7 Å². The highest BCUT2D eigenvalue weighted by atomic mass is 32.2. The number of hydrogen-bond acceptors (Lipinski definition) is 7. The van der Waals surface area contributed by atoms with Crippen molar-refractivity contribution < 1.29 is 8.42 Å². The quantitative estimate of drug-likeness (QED) is 0.501. The molecular weight excluding hydrogens is 496 g/mol. The van der Waals surface area contributed by atoms with Gasteiger partial charge in [-0.05, 0) is 61.7 Å². The van der Waals surface area contributed by atoms with E-state index in [-0.39, 0.29) is 0 Å². The highest BCUT2D eigenvalue weighted by Crippen LogP contribution is 2.25. The number of anilines is 1. The number of allylic oxidation sites excluding steroid dienone is 2. The second kappa shape index (κ2) is 11.2. The molecule has 0 radical (unpaired) electrons. The number of nitrogens with zero attached hydrogens (tertiary/aromatic N) is 5. The molecule has 7 rings (SSSR count). The Morgan fingerprint density at radius 1 is 1.00 bits per heavy atom. The average Bonchev–Trinajstić information content (AvgIpc) is 2.91. The fourth-order valence-electron chi connectivity index (χ4n) is 5.01. The zero-order valence-corrected chi connectivity index (χ0v) is 23.2. The molecule has 9 heteroatoms. The monoisotopic (exact) mass is 532 g/mol. The molecule has 1 N–H and O–H groups in total. The maximum absolute atomic E-state index is 13.6. The normalized spacial score (nSPS) is 23.8. The molecule has 0 amide bonds. The molecule has 5 heterocycles. The molecule has 0 atom stereocenters. The van der Waals surface area contributed by atoms with Gasteiger partial charge in [-0.1, -0.05) is 30.4 Å². The lowest BCUT2D eigenvalue weighted by Crippen LogP contribution is -2.48. The van der Waals surface area contributed by atoms with E-state index in [1.165, 1.54) is 0 Å². The maximum Gasteiger partial charge on any atom is 0.243 e. The molecule has 200 valence electrons. The highest BCUT2D eigenvalue weighted by Gasteiger charge is 2.29. The predicted octanol–water partition coefficient (Wildman–Crippen LogP) is 4.28. The predicted molar refractivity (Wildman–Crippen MR) is 154 cm³/mol. The minimum atomic E-state index is -3.60. The van der Waals surface area contributed by atoms with Crippen molar-refractivity contribution in [3.8, 4) is 0 Å². The van der Waals surface area contributed by atoms with Gasteiger partial charge < -0.3 is 10.2 Å². The van der Waals surface area contributed by atoms with Crippen molar-refractivity contribution in [2.45, 2.75) is 31.7 Å². The van der Waals surface area contributed by atoms with Crippen LogP contribution in [0.4, 0.5) is 5.82 Å². The van der Waals surface area contributed by atoms with Gasteiger partial charge in [0.15, 0.2) is 0 Å². The van der Waals surface area contributed by atoms with Crippen molar-refractivity contribution in [2.24, 2.45) is 0 Å². The van der Waals surface area contributed by atoms with Gasteiger partial charge in [-0.25, -0.2) is 18.4 Å². The fourth-order valence-corrected chi connectivity index (χ4v) is 6.47. The third-order valence-corrected chi connectivity index (χ3v) is 9.21. The van der Waals surface area contributed by atoms with Gasteiger partial charge in [-0.3, -0.25) is 4.90 Å². The molecule has 8 nitrogen and oxygen atoms in total. The van der Waals surface area contributed by atoms with Crippen molar-refractivity contribution in [3.05, 3.63) is 71.2 Å². The lowest BCUT2D eigenvalue weighted by atomic mass is 10.1. The Balaban J connectivity index is 1.51. The highest BCUT2D eigenvalue weighted by molar-refractivity contribution is 7.89. The molecule has 3 aromatic rings. The third kappa shape index (κ3) is 5.60. The molecule has 6 bridgehead atoms. The summed E-state index contributed by atoms with van der Waals surface area (Å²) in [4.78, 5) is 14.5. The molecule has 0 aliphatic carbocycles. The molecule has 0 unspecified atom stereocenters. The molecule has 38 heavy (non-hydrogen) atoms. The Hall–Kier alpha value is -3.27. The number of para-hydroxylation sites is 1. The average molecular weight is 533 g/mol. The largest absolute Gasteiger partial charge is 0.378 e. The summed E-state index contributed by atoms with van der Waals surface area (Å²) in [5.41, 5.74) is 3.94. The van der Waals surface area contributed by atoms with Crippen molar-refractivity contribution in [3.63, 3.8) is 0 Å². The number of nitrogens with one attached hydrogen (secondary N) is 1. The van der Waals surface area contributed by atoms with Crippen molar-refractivity contribution in [1.82, 2.24) is 24.1 Å². The Labute approximate surface area is 225 Å². The van der Waals surface area contributed by atoms with Gasteiger partial charge in [0.25, 0.3) is 0 Å². The molecule has 1 aromatic heterocycles. The van der Waals surface area contributed by atoms with Crippen molar-refractivity contribution >= 4 is 38.9 Å². The summed E-state index contributed by atoms with van der Waals surface area (Å²) in [7, 11) is -1.51. The molecule has 1 saturated heterocycles. The molecule has 4 aliphatic rings. The smallest absolute Gasteiger partial charge is 0.243 e. The number of sulfonamides is 1. The number of aromatic nitrogens is 2. The molecule has 0 spiro atoms. The van der Waals surface area contributed by atoms with Crippen LogP contribution in [-0.2, 0) is 16.6 Å². The summed E-state index contributed by atoms with van der Waals surface area (Å²) in [5.74, 6) is 1.60. The van der Waals surface area contributed by atoms with E-state index in [1.807, 2.05) is 43.3 Å². The minimum Gasteiger partial charge on any atom is -0.378 e. The summed E-state index contributed by atoms with van der Waals surface area (Å²) >= 11 is 0. The summed E-state index contributed by atoms with van der Waals surface area (Å²) < 4.78 is 28.7. The van der Waals surface area contributed by atoms with Crippen LogP contribution in [-0.4, -0.2) is 78.8 Å². The summed E-state index contributed by atoms with van der Waals surface area (Å²) in [6, 6.07) is 13.5. The van der Waals surface area contributed by atoms with Crippen LogP contribution in [0.25, 0.3) is 23.1 Å². The molecule has 1 fully saturated rings. The van der Waals surface area contributed by atoms with Crippen molar-refractivity contribution in [2.75, 3.05) is 51.6 Å². The number of hydrogen-bond donors (Lipinski definition) is 1. The van der Waals surface area contributed by atoms with E-state index >= 15 is 0 Å². The minimum absolute atomic E-state index is 0.338. The first kappa shape index (κ1) is 26.3. The number of benzene rings is 2. The zero-order chi connectivity index (χ0) is 26.7. The van der Waals surface area contributed by atoms with Crippen LogP contribution in [0.15, 0.2) is 59.1 Å². The molecular formula is C29H36N6O2S. The Morgan fingerprint density at radius 3 is 2.58 bits per heavy atom. The number of rotatable bonds is 1.